The van der Waals surface area contributed by atoms with Crippen molar-refractivity contribution < 1.29 is 29.3 Å². The number of alkyl carbamates (subject to hydrolysis) is 1. The number of hydrogen-bond donors (Lipinski definition) is 4. The van der Waals surface area contributed by atoms with Crippen molar-refractivity contribution in [2.75, 3.05) is 6.54 Å². The lowest BCUT2D eigenvalue weighted by molar-refractivity contribution is -0.142. The number of carbonyl (C=O) groups is 3. The topological polar surface area (TPSA) is 128 Å². The van der Waals surface area contributed by atoms with Crippen molar-refractivity contribution in [3.63, 3.8) is 0 Å². The summed E-state index contributed by atoms with van der Waals surface area (Å²) in [7, 11) is 0. The first-order chi connectivity index (χ1) is 17.8. The Morgan fingerprint density at radius 1 is 0.974 bits per heavy atom. The molecule has 0 radical (unpaired) electrons. The number of nitrogens with zero attached hydrogens (tertiary/aromatic N) is 1. The average molecular weight is 528 g/mol. The van der Waals surface area contributed by atoms with Gasteiger partial charge in [-0.05, 0) is 64.8 Å². The van der Waals surface area contributed by atoms with Gasteiger partial charge < -0.3 is 30.5 Å². The summed E-state index contributed by atoms with van der Waals surface area (Å²) < 4.78 is 5.42. The van der Waals surface area contributed by atoms with E-state index in [0.29, 0.717) is 12.0 Å². The maximum Gasteiger partial charge on any atom is 0.408 e. The van der Waals surface area contributed by atoms with Gasteiger partial charge in [-0.25, -0.2) is 4.79 Å². The summed E-state index contributed by atoms with van der Waals surface area (Å²) in [5.41, 5.74) is 0.197. The van der Waals surface area contributed by atoms with Crippen LogP contribution in [0, 0.1) is 0 Å². The van der Waals surface area contributed by atoms with Crippen LogP contribution in [0.1, 0.15) is 71.6 Å². The van der Waals surface area contributed by atoms with Crippen LogP contribution in [-0.2, 0) is 20.7 Å². The second kappa shape index (κ2) is 13.7. The van der Waals surface area contributed by atoms with Crippen LogP contribution in [0.25, 0.3) is 0 Å². The van der Waals surface area contributed by atoms with E-state index in [1.165, 1.54) is 23.1 Å². The molecule has 0 aliphatic rings. The smallest absolute Gasteiger partial charge is 0.408 e. The minimum atomic E-state index is -1.12. The fourth-order valence-corrected chi connectivity index (χ4v) is 3.95. The number of phenols is 2. The molecular weight excluding hydrogens is 486 g/mol. The molecule has 3 amide bonds. The van der Waals surface area contributed by atoms with Crippen LogP contribution in [-0.4, -0.2) is 57.3 Å². The van der Waals surface area contributed by atoms with Crippen LogP contribution in [0.2, 0.25) is 0 Å². The Morgan fingerprint density at radius 2 is 1.61 bits per heavy atom. The van der Waals surface area contributed by atoms with Gasteiger partial charge in [0.15, 0.2) is 0 Å². The molecule has 0 fully saturated rings. The molecule has 38 heavy (non-hydrogen) atoms. The lowest BCUT2D eigenvalue weighted by atomic mass is 9.99. The van der Waals surface area contributed by atoms with Crippen molar-refractivity contribution in [2.45, 2.75) is 84.5 Å². The molecule has 2 aromatic rings. The Bertz CT molecular complexity index is 1080. The normalized spacial score (nSPS) is 12.9. The molecule has 0 saturated heterocycles. The third-order valence-corrected chi connectivity index (χ3v) is 5.62. The number of benzene rings is 2. The summed E-state index contributed by atoms with van der Waals surface area (Å²) in [6, 6.07) is 10.3. The fourth-order valence-electron chi connectivity index (χ4n) is 3.95. The molecule has 0 bridgehead atoms. The molecule has 0 aliphatic heterocycles. The lowest BCUT2D eigenvalue weighted by Crippen LogP contribution is -2.54. The molecule has 0 saturated carbocycles. The van der Waals surface area contributed by atoms with E-state index in [1.807, 2.05) is 20.8 Å². The SMILES string of the molecule is CCCCN(C(=O)C(Cc1ccc(O)cc1)NC(=O)OC(C)(C)C)C(C(=O)NC(C)C)c1ccccc1O. The number of para-hydroxylation sites is 1. The summed E-state index contributed by atoms with van der Waals surface area (Å²) in [4.78, 5) is 41.9. The fraction of sp³-hybridized carbons (Fsp3) is 0.483. The molecule has 2 atom stereocenters. The molecule has 9 heteroatoms. The average Bonchev–Trinajstić information content (AvgIpc) is 2.81. The summed E-state index contributed by atoms with van der Waals surface area (Å²) in [6.07, 6.45) is 0.685. The zero-order valence-corrected chi connectivity index (χ0v) is 23.2. The van der Waals surface area contributed by atoms with Crippen LogP contribution in [0.15, 0.2) is 48.5 Å². The summed E-state index contributed by atoms with van der Waals surface area (Å²) in [5.74, 6) is -0.969. The van der Waals surface area contributed by atoms with Crippen LogP contribution in [0.3, 0.4) is 0 Å². The molecule has 2 unspecified atom stereocenters. The van der Waals surface area contributed by atoms with Gasteiger partial charge in [0.2, 0.25) is 11.8 Å². The Labute approximate surface area is 225 Å². The van der Waals surface area contributed by atoms with E-state index in [-0.39, 0.29) is 36.1 Å². The molecule has 9 nitrogen and oxygen atoms in total. The lowest BCUT2D eigenvalue weighted by Gasteiger charge is -2.35. The molecule has 208 valence electrons. The van der Waals surface area contributed by atoms with Crippen LogP contribution < -0.4 is 10.6 Å². The quantitative estimate of drug-likeness (QED) is 0.342. The van der Waals surface area contributed by atoms with Gasteiger partial charge >= 0.3 is 6.09 Å². The summed E-state index contributed by atoms with van der Waals surface area (Å²) in [6.45, 7) is 11.0. The van der Waals surface area contributed by atoms with E-state index in [4.69, 9.17) is 4.74 Å². The highest BCUT2D eigenvalue weighted by Gasteiger charge is 2.37. The van der Waals surface area contributed by atoms with Gasteiger partial charge in [-0.2, -0.15) is 0 Å². The highest BCUT2D eigenvalue weighted by molar-refractivity contribution is 5.92. The third-order valence-electron chi connectivity index (χ3n) is 5.62. The zero-order chi connectivity index (χ0) is 28.5. The van der Waals surface area contributed by atoms with Crippen molar-refractivity contribution in [1.29, 1.82) is 0 Å². The number of rotatable bonds is 11. The number of aromatic hydroxyl groups is 2. The van der Waals surface area contributed by atoms with Crippen molar-refractivity contribution in [3.8, 4) is 11.5 Å². The number of carbonyl (C=O) groups excluding carboxylic acids is 3. The summed E-state index contributed by atoms with van der Waals surface area (Å²) in [5, 5.41) is 25.9. The zero-order valence-electron chi connectivity index (χ0n) is 23.2. The molecule has 4 N–H and O–H groups in total. The number of amides is 3. The number of hydrogen-bond acceptors (Lipinski definition) is 6. The molecule has 0 spiro atoms. The monoisotopic (exact) mass is 527 g/mol. The maximum atomic E-state index is 14.2. The maximum absolute atomic E-state index is 14.2. The Kier molecular flexibility index (Phi) is 11.0. The predicted molar refractivity (Wildman–Crippen MR) is 146 cm³/mol. The number of ether oxygens (including phenoxy) is 1. The van der Waals surface area contributed by atoms with Crippen molar-refractivity contribution in [3.05, 3.63) is 59.7 Å². The molecule has 0 aliphatic carbocycles. The molecular formula is C29H41N3O6. The van der Waals surface area contributed by atoms with Gasteiger partial charge in [0.1, 0.15) is 29.2 Å². The van der Waals surface area contributed by atoms with E-state index in [9.17, 15) is 24.6 Å². The van der Waals surface area contributed by atoms with Gasteiger partial charge in [-0.3, -0.25) is 9.59 Å². The third kappa shape index (κ3) is 9.28. The molecule has 2 aromatic carbocycles. The van der Waals surface area contributed by atoms with Crippen LogP contribution in [0.4, 0.5) is 4.79 Å². The van der Waals surface area contributed by atoms with Gasteiger partial charge in [0.25, 0.3) is 0 Å². The summed E-state index contributed by atoms with van der Waals surface area (Å²) >= 11 is 0. The first kappa shape index (κ1) is 30.5. The minimum absolute atomic E-state index is 0.0753. The van der Waals surface area contributed by atoms with Crippen molar-refractivity contribution in [2.24, 2.45) is 0 Å². The minimum Gasteiger partial charge on any atom is -0.508 e. The molecule has 2 rings (SSSR count). The van der Waals surface area contributed by atoms with Gasteiger partial charge in [-0.15, -0.1) is 0 Å². The van der Waals surface area contributed by atoms with E-state index < -0.39 is 35.6 Å². The second-order valence-corrected chi connectivity index (χ2v) is 10.6. The largest absolute Gasteiger partial charge is 0.508 e. The molecule has 0 heterocycles. The number of unbranched alkanes of at least 4 members (excludes halogenated alkanes) is 1. The van der Waals surface area contributed by atoms with Crippen molar-refractivity contribution >= 4 is 17.9 Å². The number of phenolic OH excluding ortho intramolecular Hbond substituents is 2. The highest BCUT2D eigenvalue weighted by Crippen LogP contribution is 2.30. The molecule has 0 aromatic heterocycles. The van der Waals surface area contributed by atoms with Gasteiger partial charge in [0.05, 0.1) is 0 Å². The van der Waals surface area contributed by atoms with Crippen molar-refractivity contribution in [1.82, 2.24) is 15.5 Å². The van der Waals surface area contributed by atoms with Crippen LogP contribution in [0.5, 0.6) is 11.5 Å². The number of nitrogens with one attached hydrogen (secondary N) is 2. The van der Waals surface area contributed by atoms with E-state index in [0.717, 1.165) is 6.42 Å². The van der Waals surface area contributed by atoms with E-state index >= 15 is 0 Å². The Hall–Kier alpha value is -3.75. The van der Waals surface area contributed by atoms with Crippen LogP contribution >= 0.6 is 0 Å². The van der Waals surface area contributed by atoms with E-state index in [2.05, 4.69) is 10.6 Å². The first-order valence-corrected chi connectivity index (χ1v) is 13.0. The van der Waals surface area contributed by atoms with Gasteiger partial charge in [-0.1, -0.05) is 43.7 Å². The second-order valence-electron chi connectivity index (χ2n) is 10.6. The van der Waals surface area contributed by atoms with E-state index in [1.54, 1.807) is 51.1 Å². The predicted octanol–water partition coefficient (Wildman–Crippen LogP) is 4.43. The van der Waals surface area contributed by atoms with Gasteiger partial charge in [0, 0.05) is 24.6 Å². The Morgan fingerprint density at radius 3 is 2.16 bits per heavy atom. The Balaban J connectivity index is 2.55. The highest BCUT2D eigenvalue weighted by atomic mass is 16.6. The standard InChI is InChI=1S/C29H41N3O6/c1-7-8-17-32(25(26(35)30-19(2)3)22-11-9-10-12-24(22)34)27(36)23(31-28(37)38-29(4,5)6)18-20-13-15-21(33)16-14-20/h9-16,19,23,25,33-34H,7-8,17-18H2,1-6H3,(H,30,35)(H,31,37). The first-order valence-electron chi connectivity index (χ1n) is 13.0.